The Morgan fingerprint density at radius 3 is 2.80 bits per heavy atom. The topological polar surface area (TPSA) is 38.3 Å². The molecular formula is C15H19Cl2NO2. The maximum atomic E-state index is 12.8. The lowest BCUT2D eigenvalue weighted by Gasteiger charge is -2.26. The zero-order valence-electron chi connectivity index (χ0n) is 11.5. The van der Waals surface area contributed by atoms with Crippen LogP contribution in [0.3, 0.4) is 0 Å². The predicted octanol–water partition coefficient (Wildman–Crippen LogP) is 3.58. The first-order valence-corrected chi connectivity index (χ1v) is 7.63. The van der Waals surface area contributed by atoms with Crippen LogP contribution in [0, 0.1) is 5.41 Å². The van der Waals surface area contributed by atoms with Crippen molar-refractivity contribution in [3.63, 3.8) is 0 Å². The number of carbonyl (C=O) groups is 1. The smallest absolute Gasteiger partial charge is 0.170 e. The summed E-state index contributed by atoms with van der Waals surface area (Å²) >= 11 is 11.9. The Balaban J connectivity index is 2.19. The Morgan fingerprint density at radius 2 is 2.20 bits per heavy atom. The van der Waals surface area contributed by atoms with Crippen LogP contribution in [0.2, 0.25) is 10.0 Å². The van der Waals surface area contributed by atoms with Crippen molar-refractivity contribution in [3.8, 4) is 0 Å². The summed E-state index contributed by atoms with van der Waals surface area (Å²) in [6.45, 7) is 4.79. The summed E-state index contributed by atoms with van der Waals surface area (Å²) in [4.78, 5) is 12.8. The molecule has 0 aliphatic carbocycles. The minimum absolute atomic E-state index is 0.126. The third kappa shape index (κ3) is 3.34. The third-order valence-corrected chi connectivity index (χ3v) is 4.58. The molecule has 0 bridgehead atoms. The van der Waals surface area contributed by atoms with Crippen LogP contribution in [0.5, 0.6) is 0 Å². The van der Waals surface area contributed by atoms with Crippen LogP contribution in [0.4, 0.5) is 0 Å². The van der Waals surface area contributed by atoms with E-state index in [2.05, 4.69) is 5.32 Å². The van der Waals surface area contributed by atoms with E-state index >= 15 is 0 Å². The van der Waals surface area contributed by atoms with Gasteiger partial charge in [0, 0.05) is 30.7 Å². The number of nitrogens with one attached hydrogen (secondary N) is 1. The maximum Gasteiger partial charge on any atom is 0.170 e. The summed E-state index contributed by atoms with van der Waals surface area (Å²) in [5, 5.41) is 4.17. The largest absolute Gasteiger partial charge is 0.382 e. The van der Waals surface area contributed by atoms with Crippen molar-refractivity contribution in [2.24, 2.45) is 5.41 Å². The monoisotopic (exact) mass is 315 g/mol. The molecule has 0 aromatic heterocycles. The molecule has 1 aliphatic rings. The molecule has 110 valence electrons. The minimum Gasteiger partial charge on any atom is -0.382 e. The molecular weight excluding hydrogens is 297 g/mol. The van der Waals surface area contributed by atoms with E-state index in [1.807, 2.05) is 6.92 Å². The Bertz CT molecular complexity index is 485. The van der Waals surface area contributed by atoms with Crippen molar-refractivity contribution in [1.29, 1.82) is 0 Å². The molecule has 1 aromatic rings. The molecule has 1 saturated heterocycles. The Hall–Kier alpha value is -0.610. The highest BCUT2D eigenvalue weighted by atomic mass is 35.5. The number of Topliss-reactive ketones (excluding diaryl/α,β-unsaturated/α-hetero) is 1. The molecule has 2 rings (SSSR count). The van der Waals surface area contributed by atoms with Gasteiger partial charge in [-0.05, 0) is 44.5 Å². The summed E-state index contributed by atoms with van der Waals surface area (Å²) in [6, 6.07) is 5.08. The lowest BCUT2D eigenvalue weighted by molar-refractivity contribution is 0.0691. The summed E-state index contributed by atoms with van der Waals surface area (Å²) in [5.74, 6) is 0.126. The Labute approximate surface area is 129 Å². The van der Waals surface area contributed by atoms with Gasteiger partial charge in [0.25, 0.3) is 0 Å². The predicted molar refractivity (Wildman–Crippen MR) is 81.8 cm³/mol. The van der Waals surface area contributed by atoms with Crippen LogP contribution in [-0.4, -0.2) is 32.1 Å². The van der Waals surface area contributed by atoms with Crippen molar-refractivity contribution in [1.82, 2.24) is 5.32 Å². The number of benzene rings is 1. The number of halogens is 2. The highest BCUT2D eigenvalue weighted by Crippen LogP contribution is 2.35. The zero-order chi connectivity index (χ0) is 14.6. The summed E-state index contributed by atoms with van der Waals surface area (Å²) < 4.78 is 5.42. The molecule has 1 heterocycles. The van der Waals surface area contributed by atoms with Gasteiger partial charge < -0.3 is 10.1 Å². The lowest BCUT2D eigenvalue weighted by atomic mass is 9.77. The number of carbonyl (C=O) groups excluding carboxylic acids is 1. The van der Waals surface area contributed by atoms with E-state index in [0.717, 1.165) is 19.4 Å². The SMILES string of the molecule is CCOCCC1(C(=O)c2ccc(Cl)c(Cl)c2)CCNC1. The van der Waals surface area contributed by atoms with Crippen LogP contribution in [-0.2, 0) is 4.74 Å². The van der Waals surface area contributed by atoms with Crippen LogP contribution >= 0.6 is 23.2 Å². The van der Waals surface area contributed by atoms with Gasteiger partial charge in [-0.2, -0.15) is 0 Å². The van der Waals surface area contributed by atoms with Crippen molar-refractivity contribution < 1.29 is 9.53 Å². The molecule has 3 nitrogen and oxygen atoms in total. The van der Waals surface area contributed by atoms with Gasteiger partial charge in [0.2, 0.25) is 0 Å². The molecule has 1 aromatic carbocycles. The highest BCUT2D eigenvalue weighted by Gasteiger charge is 2.41. The fraction of sp³-hybridized carbons (Fsp3) is 0.533. The average Bonchev–Trinajstić information content (AvgIpc) is 2.91. The second-order valence-corrected chi connectivity index (χ2v) is 5.93. The fourth-order valence-corrected chi connectivity index (χ4v) is 2.92. The first kappa shape index (κ1) is 15.8. The average molecular weight is 316 g/mol. The molecule has 1 unspecified atom stereocenters. The van der Waals surface area contributed by atoms with Gasteiger partial charge in [-0.1, -0.05) is 23.2 Å². The minimum atomic E-state index is -0.383. The molecule has 5 heteroatoms. The first-order chi connectivity index (χ1) is 9.59. The third-order valence-electron chi connectivity index (χ3n) is 3.84. The van der Waals surface area contributed by atoms with Crippen molar-refractivity contribution in [2.45, 2.75) is 19.8 Å². The van der Waals surface area contributed by atoms with Gasteiger partial charge in [-0.15, -0.1) is 0 Å². The highest BCUT2D eigenvalue weighted by molar-refractivity contribution is 6.42. The molecule has 0 saturated carbocycles. The first-order valence-electron chi connectivity index (χ1n) is 6.87. The molecule has 0 amide bonds. The van der Waals surface area contributed by atoms with Crippen LogP contribution in [0.1, 0.15) is 30.1 Å². The van der Waals surface area contributed by atoms with Crippen LogP contribution in [0.15, 0.2) is 18.2 Å². The van der Waals surface area contributed by atoms with E-state index in [4.69, 9.17) is 27.9 Å². The van der Waals surface area contributed by atoms with E-state index in [9.17, 15) is 4.79 Å². The van der Waals surface area contributed by atoms with E-state index in [1.165, 1.54) is 0 Å². The summed E-state index contributed by atoms with van der Waals surface area (Å²) in [7, 11) is 0. The molecule has 1 N–H and O–H groups in total. The van der Waals surface area contributed by atoms with Crippen LogP contribution in [0.25, 0.3) is 0 Å². The molecule has 1 atom stereocenters. The van der Waals surface area contributed by atoms with Crippen molar-refractivity contribution in [3.05, 3.63) is 33.8 Å². The van der Waals surface area contributed by atoms with Gasteiger partial charge in [-0.3, -0.25) is 4.79 Å². The van der Waals surface area contributed by atoms with Gasteiger partial charge in [0.1, 0.15) is 0 Å². The number of rotatable bonds is 6. The molecule has 0 radical (unpaired) electrons. The van der Waals surface area contributed by atoms with Crippen molar-refractivity contribution >= 4 is 29.0 Å². The number of hydrogen-bond acceptors (Lipinski definition) is 3. The molecule has 20 heavy (non-hydrogen) atoms. The second-order valence-electron chi connectivity index (χ2n) is 5.11. The van der Waals surface area contributed by atoms with Crippen LogP contribution < -0.4 is 5.32 Å². The Morgan fingerprint density at radius 1 is 1.40 bits per heavy atom. The van der Waals surface area contributed by atoms with Crippen molar-refractivity contribution in [2.75, 3.05) is 26.3 Å². The van der Waals surface area contributed by atoms with Gasteiger partial charge >= 0.3 is 0 Å². The van der Waals surface area contributed by atoms with Gasteiger partial charge in [0.15, 0.2) is 5.78 Å². The van der Waals surface area contributed by atoms with Gasteiger partial charge in [-0.25, -0.2) is 0 Å². The van der Waals surface area contributed by atoms with E-state index in [-0.39, 0.29) is 11.2 Å². The van der Waals surface area contributed by atoms with E-state index in [0.29, 0.717) is 35.4 Å². The molecule has 1 fully saturated rings. The number of ketones is 1. The number of hydrogen-bond donors (Lipinski definition) is 1. The molecule has 0 spiro atoms. The number of ether oxygens (including phenoxy) is 1. The normalized spacial score (nSPS) is 22.1. The zero-order valence-corrected chi connectivity index (χ0v) is 13.1. The standard InChI is InChI=1S/C15H19Cl2NO2/c1-2-20-8-6-15(5-7-18-10-15)14(19)11-3-4-12(16)13(17)9-11/h3-4,9,18H,2,5-8,10H2,1H3. The van der Waals surface area contributed by atoms with E-state index < -0.39 is 0 Å². The van der Waals surface area contributed by atoms with E-state index in [1.54, 1.807) is 18.2 Å². The maximum absolute atomic E-state index is 12.8. The summed E-state index contributed by atoms with van der Waals surface area (Å²) in [5.41, 5.74) is 0.242. The lowest BCUT2D eigenvalue weighted by Crippen LogP contribution is -2.35. The second kappa shape index (κ2) is 6.90. The van der Waals surface area contributed by atoms with Gasteiger partial charge in [0.05, 0.1) is 10.0 Å². The summed E-state index contributed by atoms with van der Waals surface area (Å²) in [6.07, 6.45) is 1.56. The fourth-order valence-electron chi connectivity index (χ4n) is 2.62. The quantitative estimate of drug-likeness (QED) is 0.644. The Kier molecular flexibility index (Phi) is 5.44. The molecule has 1 aliphatic heterocycles.